The van der Waals surface area contributed by atoms with Gasteiger partial charge in [-0.1, -0.05) is 0 Å². The Labute approximate surface area is 100 Å². The van der Waals surface area contributed by atoms with E-state index in [2.05, 4.69) is 15.1 Å². The Balaban J connectivity index is 2.27. The van der Waals surface area contributed by atoms with Gasteiger partial charge < -0.3 is 0 Å². The first kappa shape index (κ1) is 9.35. The summed E-state index contributed by atoms with van der Waals surface area (Å²) in [5.74, 6) is 0. The molecule has 17 heavy (non-hydrogen) atoms. The van der Waals surface area contributed by atoms with E-state index in [1.54, 1.807) is 11.3 Å². The number of rotatable bonds is 0. The third-order valence-electron chi connectivity index (χ3n) is 3.36. The Kier molecular flexibility index (Phi) is 1.74. The number of H-pyrrole nitrogens is 1. The highest BCUT2D eigenvalue weighted by Crippen LogP contribution is 2.36. The monoisotopic (exact) mass is 246 g/mol. The zero-order valence-corrected chi connectivity index (χ0v) is 9.88. The van der Waals surface area contributed by atoms with Crippen LogP contribution in [-0.2, 0) is 12.8 Å². The lowest BCUT2D eigenvalue weighted by molar-refractivity contribution is 0.700. The van der Waals surface area contributed by atoms with E-state index in [1.807, 2.05) is 0 Å². The molecule has 0 saturated carbocycles. The smallest absolute Gasteiger partial charge is 0.297 e. The van der Waals surface area contributed by atoms with Gasteiger partial charge in [-0.25, -0.2) is 9.78 Å². The Morgan fingerprint density at radius 2 is 2.24 bits per heavy atom. The summed E-state index contributed by atoms with van der Waals surface area (Å²) < 4.78 is 1.35. The minimum Gasteiger partial charge on any atom is -0.297 e. The number of nitrogens with zero attached hydrogens (tertiary/aromatic N) is 3. The van der Waals surface area contributed by atoms with E-state index in [9.17, 15) is 4.79 Å². The van der Waals surface area contributed by atoms with E-state index < -0.39 is 0 Å². The van der Waals surface area contributed by atoms with Crippen molar-refractivity contribution in [2.45, 2.75) is 25.7 Å². The molecule has 3 aromatic heterocycles. The summed E-state index contributed by atoms with van der Waals surface area (Å²) in [6.45, 7) is 0. The van der Waals surface area contributed by atoms with Crippen molar-refractivity contribution in [3.63, 3.8) is 0 Å². The predicted molar refractivity (Wildman–Crippen MR) is 65.6 cm³/mol. The molecule has 0 bridgehead atoms. The number of thiophene rings is 1. The van der Waals surface area contributed by atoms with Gasteiger partial charge in [0.2, 0.25) is 0 Å². The van der Waals surface area contributed by atoms with Crippen molar-refractivity contribution in [3.05, 3.63) is 27.3 Å². The molecule has 1 aliphatic carbocycles. The van der Waals surface area contributed by atoms with E-state index >= 15 is 0 Å². The van der Waals surface area contributed by atoms with Gasteiger partial charge in [0, 0.05) is 4.88 Å². The Bertz CT molecular complexity index is 782. The molecule has 6 heteroatoms. The topological polar surface area (TPSA) is 63.0 Å². The molecule has 1 N–H and O–H groups in total. The molecule has 3 aromatic rings. The third-order valence-corrected chi connectivity index (χ3v) is 4.56. The fourth-order valence-corrected chi connectivity index (χ4v) is 3.88. The summed E-state index contributed by atoms with van der Waals surface area (Å²) in [6, 6.07) is 0. The van der Waals surface area contributed by atoms with Gasteiger partial charge in [0.1, 0.15) is 11.2 Å². The van der Waals surface area contributed by atoms with Crippen LogP contribution in [0.3, 0.4) is 0 Å². The van der Waals surface area contributed by atoms with Crippen LogP contribution in [0.15, 0.2) is 11.1 Å². The van der Waals surface area contributed by atoms with Gasteiger partial charge in [0.05, 0.1) is 5.39 Å². The molecule has 0 fully saturated rings. The van der Waals surface area contributed by atoms with E-state index in [0.717, 1.165) is 23.1 Å². The van der Waals surface area contributed by atoms with E-state index in [0.29, 0.717) is 5.65 Å². The van der Waals surface area contributed by atoms with Gasteiger partial charge in [-0.3, -0.25) is 4.98 Å². The minimum absolute atomic E-state index is 0.205. The molecule has 0 radical (unpaired) electrons. The van der Waals surface area contributed by atoms with Gasteiger partial charge in [0.25, 0.3) is 0 Å². The second-order valence-electron chi connectivity index (χ2n) is 4.34. The van der Waals surface area contributed by atoms with Gasteiger partial charge in [0.15, 0.2) is 5.65 Å². The number of aromatic nitrogens is 4. The molecule has 1 aliphatic rings. The summed E-state index contributed by atoms with van der Waals surface area (Å²) in [5.41, 5.74) is 1.86. The van der Waals surface area contributed by atoms with Crippen LogP contribution in [0.5, 0.6) is 0 Å². The van der Waals surface area contributed by atoms with Gasteiger partial charge in [-0.05, 0) is 31.2 Å². The molecular formula is C11H10N4OS. The van der Waals surface area contributed by atoms with Crippen molar-refractivity contribution in [1.29, 1.82) is 0 Å². The molecule has 0 unspecified atom stereocenters. The van der Waals surface area contributed by atoms with Gasteiger partial charge >= 0.3 is 5.69 Å². The van der Waals surface area contributed by atoms with Crippen molar-refractivity contribution in [3.8, 4) is 0 Å². The number of fused-ring (bicyclic) bond motifs is 5. The highest BCUT2D eigenvalue weighted by atomic mass is 32.1. The molecule has 86 valence electrons. The SMILES string of the molecule is O=c1[nH]c2sc3c(c2c2ncnn12)CCCC3. The molecule has 4 rings (SSSR count). The van der Waals surface area contributed by atoms with Crippen LogP contribution in [0.25, 0.3) is 15.9 Å². The minimum atomic E-state index is -0.205. The van der Waals surface area contributed by atoms with Crippen LogP contribution in [0.2, 0.25) is 0 Å². The van der Waals surface area contributed by atoms with Crippen LogP contribution in [0.4, 0.5) is 0 Å². The second-order valence-corrected chi connectivity index (χ2v) is 5.45. The lowest BCUT2D eigenvalue weighted by Crippen LogP contribution is -2.16. The number of aromatic amines is 1. The molecule has 3 heterocycles. The summed E-state index contributed by atoms with van der Waals surface area (Å²) >= 11 is 1.70. The number of hydrogen-bond acceptors (Lipinski definition) is 4. The zero-order valence-electron chi connectivity index (χ0n) is 9.06. The van der Waals surface area contributed by atoms with Crippen molar-refractivity contribution in [2.24, 2.45) is 0 Å². The average Bonchev–Trinajstić information content (AvgIpc) is 2.90. The van der Waals surface area contributed by atoms with Crippen LogP contribution in [-0.4, -0.2) is 19.6 Å². The van der Waals surface area contributed by atoms with Crippen molar-refractivity contribution >= 4 is 27.2 Å². The van der Waals surface area contributed by atoms with Crippen molar-refractivity contribution < 1.29 is 0 Å². The first-order valence-corrected chi connectivity index (χ1v) is 6.52. The molecule has 0 atom stereocenters. The maximum atomic E-state index is 11.8. The Morgan fingerprint density at radius 3 is 3.18 bits per heavy atom. The van der Waals surface area contributed by atoms with E-state index in [4.69, 9.17) is 0 Å². The summed E-state index contributed by atoms with van der Waals surface area (Å²) in [4.78, 5) is 21.3. The largest absolute Gasteiger partial charge is 0.349 e. The lowest BCUT2D eigenvalue weighted by atomic mass is 9.97. The van der Waals surface area contributed by atoms with Gasteiger partial charge in [-0.2, -0.15) is 9.61 Å². The van der Waals surface area contributed by atoms with E-state index in [1.165, 1.54) is 34.1 Å². The molecule has 0 amide bonds. The summed E-state index contributed by atoms with van der Waals surface area (Å²) in [5, 5.41) is 5.06. The first-order chi connectivity index (χ1) is 8.34. The molecule has 0 aliphatic heterocycles. The zero-order chi connectivity index (χ0) is 11.4. The highest BCUT2D eigenvalue weighted by molar-refractivity contribution is 7.19. The van der Waals surface area contributed by atoms with Crippen LogP contribution >= 0.6 is 11.3 Å². The lowest BCUT2D eigenvalue weighted by Gasteiger charge is -2.09. The molecular weight excluding hydrogens is 236 g/mol. The maximum absolute atomic E-state index is 11.8. The summed E-state index contributed by atoms with van der Waals surface area (Å²) in [6.07, 6.45) is 6.11. The predicted octanol–water partition coefficient (Wildman–Crippen LogP) is 1.51. The normalized spacial score (nSPS) is 15.5. The number of nitrogens with one attached hydrogen (secondary N) is 1. The fraction of sp³-hybridized carbons (Fsp3) is 0.364. The van der Waals surface area contributed by atoms with Crippen LogP contribution in [0, 0.1) is 0 Å². The second kappa shape index (κ2) is 3.16. The first-order valence-electron chi connectivity index (χ1n) is 5.71. The molecule has 0 aromatic carbocycles. The standard InChI is InChI=1S/C11H10N4OS/c16-11-14-10-8(9-12-5-13-15(9)11)6-3-1-2-4-7(6)17-10/h5H,1-4H2,(H,14,16). The third kappa shape index (κ3) is 1.16. The number of aryl methyl sites for hydroxylation is 2. The quantitative estimate of drug-likeness (QED) is 0.654. The maximum Gasteiger partial charge on any atom is 0.349 e. The molecule has 5 nitrogen and oxygen atoms in total. The van der Waals surface area contributed by atoms with Crippen molar-refractivity contribution in [1.82, 2.24) is 19.6 Å². The summed E-state index contributed by atoms with van der Waals surface area (Å²) in [7, 11) is 0. The van der Waals surface area contributed by atoms with Crippen LogP contribution < -0.4 is 5.69 Å². The highest BCUT2D eigenvalue weighted by Gasteiger charge is 2.20. The number of hydrogen-bond donors (Lipinski definition) is 1. The Hall–Kier alpha value is -1.69. The molecule has 0 saturated heterocycles. The Morgan fingerprint density at radius 1 is 1.35 bits per heavy atom. The van der Waals surface area contributed by atoms with Crippen LogP contribution in [0.1, 0.15) is 23.3 Å². The average molecular weight is 246 g/mol. The van der Waals surface area contributed by atoms with Crippen molar-refractivity contribution in [2.75, 3.05) is 0 Å². The van der Waals surface area contributed by atoms with E-state index in [-0.39, 0.29) is 5.69 Å². The molecule has 0 spiro atoms. The fourth-order valence-electron chi connectivity index (χ4n) is 2.60. The van der Waals surface area contributed by atoms with Gasteiger partial charge in [-0.15, -0.1) is 11.3 Å².